The Morgan fingerprint density at radius 1 is 1.17 bits per heavy atom. The molecule has 23 heavy (non-hydrogen) atoms. The highest BCUT2D eigenvalue weighted by Crippen LogP contribution is 2.28. The first-order valence-corrected chi connectivity index (χ1v) is 9.54. The number of nitrogens with two attached hydrogens (primary N) is 1. The lowest BCUT2D eigenvalue weighted by molar-refractivity contribution is -0.133. The van der Waals surface area contributed by atoms with Crippen molar-refractivity contribution in [2.75, 3.05) is 26.2 Å². The number of benzene rings is 1. The Morgan fingerprint density at radius 3 is 2.57 bits per heavy atom. The minimum absolute atomic E-state index is 0.0713. The molecule has 1 aromatic carbocycles. The molecule has 2 saturated heterocycles. The average molecular weight is 337 g/mol. The van der Waals surface area contributed by atoms with Crippen LogP contribution in [0.1, 0.15) is 19.3 Å². The summed E-state index contributed by atoms with van der Waals surface area (Å²) in [6.07, 6.45) is 2.21. The van der Waals surface area contributed by atoms with Crippen molar-refractivity contribution in [1.29, 1.82) is 0 Å². The van der Waals surface area contributed by atoms with Gasteiger partial charge in [-0.05, 0) is 43.9 Å². The zero-order chi connectivity index (χ0) is 16.4. The Hall–Kier alpha value is -1.44. The monoisotopic (exact) mass is 337 g/mol. The van der Waals surface area contributed by atoms with Crippen LogP contribution in [0, 0.1) is 5.92 Å². The average Bonchev–Trinajstić information content (AvgIpc) is 3.24. The highest BCUT2D eigenvalue weighted by atomic mass is 32.2. The van der Waals surface area contributed by atoms with E-state index in [1.807, 2.05) is 0 Å². The maximum absolute atomic E-state index is 12.8. The van der Waals surface area contributed by atoms with Crippen molar-refractivity contribution in [2.45, 2.75) is 30.2 Å². The second-order valence-electron chi connectivity index (χ2n) is 6.26. The zero-order valence-electron chi connectivity index (χ0n) is 13.1. The van der Waals surface area contributed by atoms with Crippen molar-refractivity contribution in [3.63, 3.8) is 0 Å². The van der Waals surface area contributed by atoms with Crippen molar-refractivity contribution in [3.8, 4) is 0 Å². The van der Waals surface area contributed by atoms with E-state index in [4.69, 9.17) is 5.73 Å². The van der Waals surface area contributed by atoms with Crippen LogP contribution in [-0.2, 0) is 14.8 Å². The molecular weight excluding hydrogens is 314 g/mol. The summed E-state index contributed by atoms with van der Waals surface area (Å²) >= 11 is 0. The van der Waals surface area contributed by atoms with Crippen LogP contribution in [0.5, 0.6) is 0 Å². The van der Waals surface area contributed by atoms with Crippen LogP contribution < -0.4 is 5.73 Å². The summed E-state index contributed by atoms with van der Waals surface area (Å²) in [7, 11) is -3.62. The minimum Gasteiger partial charge on any atom is -0.341 e. The molecule has 0 bridgehead atoms. The molecule has 0 aliphatic carbocycles. The Bertz CT molecular complexity index is 662. The van der Waals surface area contributed by atoms with E-state index in [2.05, 4.69) is 0 Å². The summed E-state index contributed by atoms with van der Waals surface area (Å²) in [5.41, 5.74) is 5.68. The fourth-order valence-corrected chi connectivity index (χ4v) is 5.11. The largest absolute Gasteiger partial charge is 0.341 e. The molecule has 2 heterocycles. The lowest BCUT2D eigenvalue weighted by atomic mass is 10.1. The number of likely N-dealkylation sites (tertiary alicyclic amines) is 1. The second-order valence-corrected chi connectivity index (χ2v) is 8.15. The topological polar surface area (TPSA) is 83.7 Å². The molecule has 1 aromatic rings. The summed E-state index contributed by atoms with van der Waals surface area (Å²) < 4.78 is 27.0. The van der Waals surface area contributed by atoms with E-state index in [0.717, 1.165) is 12.8 Å². The van der Waals surface area contributed by atoms with Crippen molar-refractivity contribution < 1.29 is 13.2 Å². The summed E-state index contributed by atoms with van der Waals surface area (Å²) in [4.78, 5) is 14.8. The van der Waals surface area contributed by atoms with Gasteiger partial charge in [0.1, 0.15) is 6.04 Å². The minimum atomic E-state index is -3.62. The van der Waals surface area contributed by atoms with Gasteiger partial charge in [-0.25, -0.2) is 8.42 Å². The van der Waals surface area contributed by atoms with Gasteiger partial charge in [-0.15, -0.1) is 0 Å². The normalized spacial score (nSPS) is 25.9. The number of sulfonamides is 1. The summed E-state index contributed by atoms with van der Waals surface area (Å²) in [6, 6.07) is 7.77. The lowest BCUT2D eigenvalue weighted by Crippen LogP contribution is -2.47. The first-order valence-electron chi connectivity index (χ1n) is 8.10. The smallest absolute Gasteiger partial charge is 0.243 e. The molecule has 3 rings (SSSR count). The highest BCUT2D eigenvalue weighted by Gasteiger charge is 2.42. The third-order valence-electron chi connectivity index (χ3n) is 4.77. The second kappa shape index (κ2) is 6.59. The van der Waals surface area contributed by atoms with Crippen LogP contribution in [0.4, 0.5) is 0 Å². The number of hydrogen-bond donors (Lipinski definition) is 1. The number of rotatable bonds is 4. The van der Waals surface area contributed by atoms with Crippen LogP contribution in [0.3, 0.4) is 0 Å². The SMILES string of the molecule is NCC1CCN(C(=O)C2CCCN2S(=O)(=O)c2ccccc2)C1. The van der Waals surface area contributed by atoms with Gasteiger partial charge in [0.05, 0.1) is 4.90 Å². The molecule has 0 spiro atoms. The summed E-state index contributed by atoms with van der Waals surface area (Å²) in [5.74, 6) is 0.262. The third-order valence-corrected chi connectivity index (χ3v) is 6.69. The molecule has 0 saturated carbocycles. The molecule has 6 nitrogen and oxygen atoms in total. The van der Waals surface area contributed by atoms with Crippen LogP contribution in [0.25, 0.3) is 0 Å². The van der Waals surface area contributed by atoms with Crippen molar-refractivity contribution in [1.82, 2.24) is 9.21 Å². The Kier molecular flexibility index (Phi) is 4.70. The molecule has 0 aromatic heterocycles. The van der Waals surface area contributed by atoms with Gasteiger partial charge in [0.2, 0.25) is 15.9 Å². The molecule has 7 heteroatoms. The van der Waals surface area contributed by atoms with E-state index in [9.17, 15) is 13.2 Å². The first kappa shape index (κ1) is 16.4. The number of amides is 1. The molecular formula is C16H23N3O3S. The molecule has 126 valence electrons. The maximum Gasteiger partial charge on any atom is 0.243 e. The van der Waals surface area contributed by atoms with Gasteiger partial charge < -0.3 is 10.6 Å². The van der Waals surface area contributed by atoms with Gasteiger partial charge in [0.25, 0.3) is 0 Å². The zero-order valence-corrected chi connectivity index (χ0v) is 13.9. The fourth-order valence-electron chi connectivity index (χ4n) is 3.44. The van der Waals surface area contributed by atoms with E-state index in [1.54, 1.807) is 35.2 Å². The van der Waals surface area contributed by atoms with E-state index in [1.165, 1.54) is 4.31 Å². The molecule has 0 radical (unpaired) electrons. The molecule has 2 atom stereocenters. The number of carbonyl (C=O) groups is 1. The van der Waals surface area contributed by atoms with E-state index in [-0.39, 0.29) is 10.8 Å². The highest BCUT2D eigenvalue weighted by molar-refractivity contribution is 7.89. The molecule has 2 unspecified atom stereocenters. The molecule has 2 N–H and O–H groups in total. The Balaban J connectivity index is 1.79. The number of carbonyl (C=O) groups excluding carboxylic acids is 1. The predicted octanol–water partition coefficient (Wildman–Crippen LogP) is 0.647. The van der Waals surface area contributed by atoms with E-state index in [0.29, 0.717) is 38.5 Å². The van der Waals surface area contributed by atoms with E-state index >= 15 is 0 Å². The van der Waals surface area contributed by atoms with Gasteiger partial charge in [-0.2, -0.15) is 4.31 Å². The third kappa shape index (κ3) is 3.13. The van der Waals surface area contributed by atoms with Gasteiger partial charge in [-0.1, -0.05) is 18.2 Å². The number of nitrogens with zero attached hydrogens (tertiary/aromatic N) is 2. The molecule has 2 aliphatic heterocycles. The number of hydrogen-bond acceptors (Lipinski definition) is 4. The van der Waals surface area contributed by atoms with Gasteiger partial charge in [0.15, 0.2) is 0 Å². The molecule has 1 amide bonds. The Labute approximate surface area is 137 Å². The van der Waals surface area contributed by atoms with Crippen molar-refractivity contribution in [2.24, 2.45) is 11.7 Å². The summed E-state index contributed by atoms with van der Waals surface area (Å²) in [5, 5.41) is 0. The molecule has 2 aliphatic rings. The van der Waals surface area contributed by atoms with Gasteiger partial charge >= 0.3 is 0 Å². The first-order chi connectivity index (χ1) is 11.0. The quantitative estimate of drug-likeness (QED) is 0.874. The van der Waals surface area contributed by atoms with Crippen LogP contribution in [0.2, 0.25) is 0 Å². The maximum atomic E-state index is 12.8. The van der Waals surface area contributed by atoms with E-state index < -0.39 is 16.1 Å². The molecule has 2 fully saturated rings. The van der Waals surface area contributed by atoms with Crippen molar-refractivity contribution >= 4 is 15.9 Å². The Morgan fingerprint density at radius 2 is 1.91 bits per heavy atom. The lowest BCUT2D eigenvalue weighted by Gasteiger charge is -2.27. The predicted molar refractivity (Wildman–Crippen MR) is 87.1 cm³/mol. The standard InChI is InChI=1S/C16H23N3O3S/c17-11-13-8-10-18(12-13)16(20)15-7-4-9-19(15)23(21,22)14-5-2-1-3-6-14/h1-3,5-6,13,15H,4,7-12,17H2. The van der Waals surface area contributed by atoms with Crippen molar-refractivity contribution in [3.05, 3.63) is 30.3 Å². The van der Waals surface area contributed by atoms with Crippen LogP contribution in [0.15, 0.2) is 35.2 Å². The van der Waals surface area contributed by atoms with Crippen LogP contribution >= 0.6 is 0 Å². The summed E-state index contributed by atoms with van der Waals surface area (Å²) in [6.45, 7) is 2.30. The van der Waals surface area contributed by atoms with Gasteiger partial charge in [0, 0.05) is 19.6 Å². The fraction of sp³-hybridized carbons (Fsp3) is 0.562. The van der Waals surface area contributed by atoms with Gasteiger partial charge in [-0.3, -0.25) is 4.79 Å². The van der Waals surface area contributed by atoms with Crippen LogP contribution in [-0.4, -0.2) is 55.8 Å².